The Kier molecular flexibility index (Phi) is 8.00. The quantitative estimate of drug-likeness (QED) is 0.548. The number of ether oxygens (including phenoxy) is 1. The fourth-order valence-electron chi connectivity index (χ4n) is 3.79. The molecule has 1 fully saturated rings. The molecule has 1 aromatic carbocycles. The molecule has 0 spiro atoms. The maximum absolute atomic E-state index is 12.6. The number of urea groups is 1. The smallest absolute Gasteiger partial charge is 0.389 e. The zero-order chi connectivity index (χ0) is 24.0. The highest BCUT2D eigenvalue weighted by atomic mass is 19.4. The predicted molar refractivity (Wildman–Crippen MR) is 123 cm³/mol. The topological polar surface area (TPSA) is 54.5 Å². The molecule has 178 valence electrons. The zero-order valence-electron chi connectivity index (χ0n) is 19.2. The van der Waals surface area contributed by atoms with Crippen LogP contribution < -0.4 is 10.1 Å². The highest BCUT2D eigenvalue weighted by Crippen LogP contribution is 2.28. The molecule has 2 aromatic rings. The third-order valence-electron chi connectivity index (χ3n) is 5.57. The van der Waals surface area contributed by atoms with E-state index in [1.54, 1.807) is 17.2 Å². The van der Waals surface area contributed by atoms with Gasteiger partial charge in [0.25, 0.3) is 0 Å². The standard InChI is InChI=1S/C25H30F3N3O2/c1-17(13-25(26,27)28)16-33-23-6-4-5-20(12-23)11-21-9-10-31(15-18(21)2)24(32)30-22-8-7-19(3)29-14-22/h4-8,11-12,14,17-18H,9-10,13,15-16H2,1-3H3,(H,30,32)/b21-11+. The van der Waals surface area contributed by atoms with Gasteiger partial charge in [0.2, 0.25) is 0 Å². The third-order valence-corrected chi connectivity index (χ3v) is 5.57. The number of nitrogens with zero attached hydrogens (tertiary/aromatic N) is 2. The number of alkyl halides is 3. The molecule has 2 unspecified atom stereocenters. The van der Waals surface area contributed by atoms with E-state index in [9.17, 15) is 18.0 Å². The Morgan fingerprint density at radius 3 is 2.79 bits per heavy atom. The summed E-state index contributed by atoms with van der Waals surface area (Å²) in [6, 6.07) is 10.9. The molecular formula is C25H30F3N3O2. The van der Waals surface area contributed by atoms with Crippen LogP contribution in [0.1, 0.15) is 37.9 Å². The monoisotopic (exact) mass is 461 g/mol. The van der Waals surface area contributed by atoms with Crippen LogP contribution in [-0.2, 0) is 0 Å². The van der Waals surface area contributed by atoms with Gasteiger partial charge in [-0.2, -0.15) is 13.2 Å². The molecule has 3 rings (SSSR count). The summed E-state index contributed by atoms with van der Waals surface area (Å²) in [7, 11) is 0. The summed E-state index contributed by atoms with van der Waals surface area (Å²) in [6.45, 7) is 6.71. The van der Waals surface area contributed by atoms with Crippen molar-refractivity contribution in [3.63, 3.8) is 0 Å². The number of likely N-dealkylation sites (tertiary alicyclic amines) is 1. The molecule has 5 nitrogen and oxygen atoms in total. The molecule has 33 heavy (non-hydrogen) atoms. The molecule has 1 N–H and O–H groups in total. The molecule has 1 aliphatic rings. The van der Waals surface area contributed by atoms with E-state index < -0.39 is 18.5 Å². The van der Waals surface area contributed by atoms with Crippen molar-refractivity contribution in [2.75, 3.05) is 25.0 Å². The lowest BCUT2D eigenvalue weighted by Gasteiger charge is -2.33. The number of pyridine rings is 1. The SMILES string of the molecule is Cc1ccc(NC(=O)N2CC/C(=C\c3cccc(OCC(C)CC(F)(F)F)c3)C(C)C2)cn1. The first kappa shape index (κ1) is 24.6. The van der Waals surface area contributed by atoms with Gasteiger partial charge in [0.05, 0.1) is 18.5 Å². The van der Waals surface area contributed by atoms with E-state index >= 15 is 0 Å². The minimum Gasteiger partial charge on any atom is -0.493 e. The first-order valence-electron chi connectivity index (χ1n) is 11.1. The summed E-state index contributed by atoms with van der Waals surface area (Å²) in [5, 5.41) is 2.89. The van der Waals surface area contributed by atoms with Crippen molar-refractivity contribution in [2.45, 2.75) is 39.8 Å². The van der Waals surface area contributed by atoms with Crippen molar-refractivity contribution in [3.8, 4) is 5.75 Å². The van der Waals surface area contributed by atoms with Gasteiger partial charge in [-0.1, -0.05) is 37.6 Å². The minimum absolute atomic E-state index is 0.0104. The van der Waals surface area contributed by atoms with Gasteiger partial charge in [0, 0.05) is 25.2 Å². The lowest BCUT2D eigenvalue weighted by atomic mass is 9.91. The average molecular weight is 462 g/mol. The number of carbonyl (C=O) groups is 1. The number of benzene rings is 1. The molecule has 1 aliphatic heterocycles. The molecule has 0 bridgehead atoms. The first-order chi connectivity index (χ1) is 15.6. The number of halogens is 3. The van der Waals surface area contributed by atoms with E-state index in [0.29, 0.717) is 24.5 Å². The van der Waals surface area contributed by atoms with Crippen molar-refractivity contribution in [3.05, 3.63) is 59.4 Å². The maximum Gasteiger partial charge on any atom is 0.389 e. The van der Waals surface area contributed by atoms with E-state index in [1.807, 2.05) is 37.3 Å². The Bertz CT molecular complexity index is 974. The summed E-state index contributed by atoms with van der Waals surface area (Å²) in [5.74, 6) is 0.116. The average Bonchev–Trinajstić information content (AvgIpc) is 2.74. The highest BCUT2D eigenvalue weighted by Gasteiger charge is 2.30. The van der Waals surface area contributed by atoms with Crippen molar-refractivity contribution in [2.24, 2.45) is 11.8 Å². The normalized spacial score (nSPS) is 18.8. The first-order valence-corrected chi connectivity index (χ1v) is 11.1. The van der Waals surface area contributed by atoms with Crippen LogP contribution in [0.5, 0.6) is 5.75 Å². The van der Waals surface area contributed by atoms with Crippen LogP contribution in [-0.4, -0.2) is 41.8 Å². The van der Waals surface area contributed by atoms with Gasteiger partial charge in [-0.15, -0.1) is 0 Å². The van der Waals surface area contributed by atoms with Gasteiger partial charge < -0.3 is 15.0 Å². The van der Waals surface area contributed by atoms with E-state index in [4.69, 9.17) is 4.74 Å². The van der Waals surface area contributed by atoms with Crippen LogP contribution in [0.2, 0.25) is 0 Å². The molecule has 2 amide bonds. The van der Waals surface area contributed by atoms with Gasteiger partial charge in [0.15, 0.2) is 0 Å². The minimum atomic E-state index is -4.19. The second-order valence-corrected chi connectivity index (χ2v) is 8.74. The number of anilines is 1. The number of nitrogens with one attached hydrogen (secondary N) is 1. The molecule has 2 heterocycles. The second-order valence-electron chi connectivity index (χ2n) is 8.74. The van der Waals surface area contributed by atoms with Gasteiger partial charge >= 0.3 is 12.2 Å². The Labute approximate surface area is 192 Å². The number of aromatic nitrogens is 1. The molecule has 0 aliphatic carbocycles. The lowest BCUT2D eigenvalue weighted by molar-refractivity contribution is -0.145. The van der Waals surface area contributed by atoms with Gasteiger partial charge in [-0.3, -0.25) is 4.98 Å². The summed E-state index contributed by atoms with van der Waals surface area (Å²) in [5.41, 5.74) is 3.71. The number of rotatable bonds is 6. The zero-order valence-corrected chi connectivity index (χ0v) is 19.2. The number of hydrogen-bond donors (Lipinski definition) is 1. The van der Waals surface area contributed by atoms with E-state index in [2.05, 4.69) is 23.3 Å². The molecule has 1 saturated heterocycles. The van der Waals surface area contributed by atoms with Crippen molar-refractivity contribution < 1.29 is 22.7 Å². The maximum atomic E-state index is 12.6. The third kappa shape index (κ3) is 7.80. The van der Waals surface area contributed by atoms with E-state index in [1.165, 1.54) is 12.5 Å². The van der Waals surface area contributed by atoms with Crippen molar-refractivity contribution in [1.29, 1.82) is 0 Å². The molecule has 1 aromatic heterocycles. The van der Waals surface area contributed by atoms with Crippen molar-refractivity contribution >= 4 is 17.8 Å². The van der Waals surface area contributed by atoms with E-state index in [-0.39, 0.29) is 18.6 Å². The number of piperidine rings is 1. The molecule has 8 heteroatoms. The largest absolute Gasteiger partial charge is 0.493 e. The number of aryl methyl sites for hydroxylation is 1. The Hall–Kier alpha value is -3.03. The van der Waals surface area contributed by atoms with Crippen LogP contribution in [0.3, 0.4) is 0 Å². The summed E-state index contributed by atoms with van der Waals surface area (Å²) in [6.07, 6.45) is -0.581. The number of carbonyl (C=O) groups excluding carboxylic acids is 1. The van der Waals surface area contributed by atoms with Crippen LogP contribution in [0.4, 0.5) is 23.7 Å². The highest BCUT2D eigenvalue weighted by molar-refractivity contribution is 5.89. The van der Waals surface area contributed by atoms with Crippen LogP contribution in [0, 0.1) is 18.8 Å². The van der Waals surface area contributed by atoms with Gasteiger partial charge in [-0.05, 0) is 55.0 Å². The predicted octanol–water partition coefficient (Wildman–Crippen LogP) is 6.31. The molecule has 0 radical (unpaired) electrons. The molecular weight excluding hydrogens is 431 g/mol. The van der Waals surface area contributed by atoms with Crippen LogP contribution in [0.15, 0.2) is 48.2 Å². The summed E-state index contributed by atoms with van der Waals surface area (Å²) in [4.78, 5) is 18.6. The Morgan fingerprint density at radius 1 is 1.33 bits per heavy atom. The van der Waals surface area contributed by atoms with Crippen LogP contribution in [0.25, 0.3) is 6.08 Å². The van der Waals surface area contributed by atoms with Crippen molar-refractivity contribution in [1.82, 2.24) is 9.88 Å². The molecule has 2 atom stereocenters. The Balaban J connectivity index is 1.56. The fraction of sp³-hybridized carbons (Fsp3) is 0.440. The summed E-state index contributed by atoms with van der Waals surface area (Å²) < 4.78 is 43.1. The number of hydrogen-bond acceptors (Lipinski definition) is 3. The second kappa shape index (κ2) is 10.7. The van der Waals surface area contributed by atoms with E-state index in [0.717, 1.165) is 17.7 Å². The molecule has 0 saturated carbocycles. The van der Waals surface area contributed by atoms with Crippen LogP contribution >= 0.6 is 0 Å². The van der Waals surface area contributed by atoms with Gasteiger partial charge in [-0.25, -0.2) is 4.79 Å². The lowest BCUT2D eigenvalue weighted by Crippen LogP contribution is -2.42. The van der Waals surface area contributed by atoms with Gasteiger partial charge in [0.1, 0.15) is 5.75 Å². The number of amides is 2. The summed E-state index contributed by atoms with van der Waals surface area (Å²) >= 11 is 0. The fourth-order valence-corrected chi connectivity index (χ4v) is 3.79. The Morgan fingerprint density at radius 2 is 2.12 bits per heavy atom.